The molecule has 0 unspecified atom stereocenters. The molecule has 0 spiro atoms. The Kier molecular flexibility index (Phi) is 6.86. The lowest BCUT2D eigenvalue weighted by Crippen LogP contribution is -2.11. The molecule has 0 amide bonds. The first-order chi connectivity index (χ1) is 15.0. The molecule has 3 rings (SSSR count). The fraction of sp³-hybridized carbons (Fsp3) is 0.273. The van der Waals surface area contributed by atoms with Crippen molar-refractivity contribution in [2.45, 2.75) is 12.8 Å². The summed E-state index contributed by atoms with van der Waals surface area (Å²) in [5.41, 5.74) is 0.951. The van der Waals surface area contributed by atoms with E-state index in [0.29, 0.717) is 16.7 Å². The number of likely N-dealkylation sites (tertiary alicyclic amines) is 1. The van der Waals surface area contributed by atoms with Crippen LogP contribution in [0, 0.1) is 20.2 Å². The van der Waals surface area contributed by atoms with Gasteiger partial charge in [0.2, 0.25) is 0 Å². The average Bonchev–Trinajstić information content (AvgIpc) is 3.28. The Labute approximate surface area is 179 Å². The molecule has 1 aliphatic heterocycles. The van der Waals surface area contributed by atoms with Crippen LogP contribution in [-0.2, 0) is 0 Å². The Morgan fingerprint density at radius 1 is 0.935 bits per heavy atom. The number of nitrogens with zero attached hydrogens (tertiary/aromatic N) is 3. The summed E-state index contributed by atoms with van der Waals surface area (Å²) in [6, 6.07) is 9.64. The van der Waals surface area contributed by atoms with Gasteiger partial charge >= 0.3 is 11.4 Å². The van der Waals surface area contributed by atoms with E-state index >= 15 is 0 Å². The minimum atomic E-state index is -0.504. The zero-order valence-electron chi connectivity index (χ0n) is 17.3. The van der Waals surface area contributed by atoms with E-state index in [1.807, 2.05) is 6.20 Å². The van der Waals surface area contributed by atoms with Gasteiger partial charge in [-0.3, -0.25) is 20.2 Å². The zero-order chi connectivity index (χ0) is 22.4. The second-order valence-corrected chi connectivity index (χ2v) is 6.93. The van der Waals surface area contributed by atoms with Gasteiger partial charge in [-0.15, -0.1) is 0 Å². The molecule has 0 bridgehead atoms. The maximum absolute atomic E-state index is 11.8. The number of hydrogen-bond donors (Lipinski definition) is 0. The summed E-state index contributed by atoms with van der Waals surface area (Å²) < 4.78 is 10.3. The van der Waals surface area contributed by atoms with Crippen LogP contribution in [0.4, 0.5) is 11.4 Å². The Balaban J connectivity index is 2.14. The molecule has 2 aromatic carbocycles. The third-order valence-corrected chi connectivity index (χ3v) is 5.05. The standard InChI is InChI=1S/C22H23N3O6/c1-30-19-9-5-7-16(21(19)24(26)27)11-12-17(15-23-13-3-4-14-23)18-8-6-10-20(31-2)22(18)25(28)29/h5-12,15H,3-4,13-14H2,1-2H3/b12-11+,17-15-. The number of ether oxygens (including phenoxy) is 2. The molecule has 162 valence electrons. The number of benzene rings is 2. The molecule has 31 heavy (non-hydrogen) atoms. The third-order valence-electron chi connectivity index (χ3n) is 5.05. The topological polar surface area (TPSA) is 108 Å². The summed E-state index contributed by atoms with van der Waals surface area (Å²) in [7, 11) is 2.75. The van der Waals surface area contributed by atoms with Crippen LogP contribution in [-0.4, -0.2) is 42.1 Å². The van der Waals surface area contributed by atoms with Crippen molar-refractivity contribution < 1.29 is 19.3 Å². The van der Waals surface area contributed by atoms with E-state index in [1.54, 1.807) is 36.4 Å². The first-order valence-electron chi connectivity index (χ1n) is 9.73. The van der Waals surface area contributed by atoms with E-state index in [1.165, 1.54) is 26.4 Å². The van der Waals surface area contributed by atoms with Crippen molar-refractivity contribution in [3.05, 3.63) is 80.0 Å². The highest BCUT2D eigenvalue weighted by atomic mass is 16.6. The molecule has 0 aliphatic carbocycles. The number of nitro groups is 2. The van der Waals surface area contributed by atoms with Gasteiger partial charge in [0.05, 0.1) is 35.2 Å². The van der Waals surface area contributed by atoms with E-state index in [2.05, 4.69) is 4.90 Å². The third kappa shape index (κ3) is 4.82. The lowest BCUT2D eigenvalue weighted by molar-refractivity contribution is -0.386. The molecule has 0 aromatic heterocycles. The predicted molar refractivity (Wildman–Crippen MR) is 117 cm³/mol. The molecule has 0 N–H and O–H groups in total. The van der Waals surface area contributed by atoms with Gasteiger partial charge in [-0.1, -0.05) is 18.2 Å². The van der Waals surface area contributed by atoms with E-state index in [4.69, 9.17) is 9.47 Å². The average molecular weight is 425 g/mol. The van der Waals surface area contributed by atoms with Crippen LogP contribution in [0.3, 0.4) is 0 Å². The molecular weight excluding hydrogens is 402 g/mol. The largest absolute Gasteiger partial charge is 0.490 e. The normalized spacial score (nSPS) is 14.1. The predicted octanol–water partition coefficient (Wildman–Crippen LogP) is 4.67. The van der Waals surface area contributed by atoms with Crippen LogP contribution in [0.2, 0.25) is 0 Å². The highest BCUT2D eigenvalue weighted by Gasteiger charge is 2.24. The van der Waals surface area contributed by atoms with Crippen LogP contribution in [0.5, 0.6) is 11.5 Å². The SMILES string of the molecule is COc1cccc(/C=C/C(=C/N2CCCC2)c2cccc(OC)c2[N+](=O)[O-])c1[N+](=O)[O-]. The second kappa shape index (κ2) is 9.75. The Morgan fingerprint density at radius 3 is 2.10 bits per heavy atom. The van der Waals surface area contributed by atoms with Crippen molar-refractivity contribution in [1.82, 2.24) is 4.90 Å². The molecule has 0 radical (unpaired) electrons. The molecule has 1 saturated heterocycles. The lowest BCUT2D eigenvalue weighted by Gasteiger charge is -2.15. The van der Waals surface area contributed by atoms with Crippen molar-refractivity contribution in [3.63, 3.8) is 0 Å². The van der Waals surface area contributed by atoms with Crippen LogP contribution in [0.25, 0.3) is 11.6 Å². The molecule has 0 saturated carbocycles. The lowest BCUT2D eigenvalue weighted by atomic mass is 10.0. The number of allylic oxidation sites excluding steroid dienone is 2. The van der Waals surface area contributed by atoms with E-state index in [9.17, 15) is 20.2 Å². The summed E-state index contributed by atoms with van der Waals surface area (Å²) >= 11 is 0. The maximum atomic E-state index is 11.8. The van der Waals surface area contributed by atoms with Crippen LogP contribution in [0.15, 0.2) is 48.7 Å². The summed E-state index contributed by atoms with van der Waals surface area (Å²) in [6.45, 7) is 1.68. The van der Waals surface area contributed by atoms with Crippen molar-refractivity contribution in [1.29, 1.82) is 0 Å². The summed E-state index contributed by atoms with van der Waals surface area (Å²) in [5.74, 6) is 0.292. The first-order valence-corrected chi connectivity index (χ1v) is 9.73. The van der Waals surface area contributed by atoms with Crippen molar-refractivity contribution in [3.8, 4) is 11.5 Å². The van der Waals surface area contributed by atoms with E-state index < -0.39 is 9.85 Å². The minimum Gasteiger partial charge on any atom is -0.490 e. The molecule has 9 heteroatoms. The summed E-state index contributed by atoms with van der Waals surface area (Å²) in [4.78, 5) is 24.5. The van der Waals surface area contributed by atoms with E-state index in [-0.39, 0.29) is 22.9 Å². The van der Waals surface area contributed by atoms with Crippen LogP contribution in [0.1, 0.15) is 24.0 Å². The summed E-state index contributed by atoms with van der Waals surface area (Å²) in [6.07, 6.45) is 7.16. The molecule has 1 fully saturated rings. The fourth-order valence-corrected chi connectivity index (χ4v) is 3.59. The van der Waals surface area contributed by atoms with E-state index in [0.717, 1.165) is 25.9 Å². The highest BCUT2D eigenvalue weighted by Crippen LogP contribution is 2.37. The molecular formula is C22H23N3O6. The van der Waals surface area contributed by atoms with Gasteiger partial charge in [-0.25, -0.2) is 0 Å². The number of para-hydroxylation sites is 2. The van der Waals surface area contributed by atoms with Gasteiger partial charge in [-0.2, -0.15) is 0 Å². The number of nitro benzene ring substituents is 2. The molecule has 0 atom stereocenters. The quantitative estimate of drug-likeness (QED) is 0.343. The zero-order valence-corrected chi connectivity index (χ0v) is 17.3. The Bertz CT molecular complexity index is 1040. The van der Waals surface area contributed by atoms with Crippen molar-refractivity contribution in [2.75, 3.05) is 27.3 Å². The monoisotopic (exact) mass is 425 g/mol. The molecule has 1 aliphatic rings. The van der Waals surface area contributed by atoms with Gasteiger partial charge < -0.3 is 14.4 Å². The number of methoxy groups -OCH3 is 2. The number of rotatable bonds is 8. The first kappa shape index (κ1) is 21.8. The molecule has 2 aromatic rings. The number of hydrogen-bond acceptors (Lipinski definition) is 7. The Hall–Kier alpha value is -3.88. The smallest absolute Gasteiger partial charge is 0.318 e. The van der Waals surface area contributed by atoms with Gasteiger partial charge in [0, 0.05) is 24.9 Å². The highest BCUT2D eigenvalue weighted by molar-refractivity contribution is 5.85. The van der Waals surface area contributed by atoms with Crippen LogP contribution >= 0.6 is 0 Å². The van der Waals surface area contributed by atoms with Gasteiger partial charge in [0.25, 0.3) is 0 Å². The van der Waals surface area contributed by atoms with Crippen LogP contribution < -0.4 is 9.47 Å². The van der Waals surface area contributed by atoms with Gasteiger partial charge in [0.1, 0.15) is 0 Å². The van der Waals surface area contributed by atoms with Crippen molar-refractivity contribution in [2.24, 2.45) is 0 Å². The fourth-order valence-electron chi connectivity index (χ4n) is 3.59. The molecule has 9 nitrogen and oxygen atoms in total. The van der Waals surface area contributed by atoms with Gasteiger partial charge in [-0.05, 0) is 43.2 Å². The molecule has 1 heterocycles. The van der Waals surface area contributed by atoms with Gasteiger partial charge in [0.15, 0.2) is 11.5 Å². The second-order valence-electron chi connectivity index (χ2n) is 6.93. The van der Waals surface area contributed by atoms with Crippen molar-refractivity contribution >= 4 is 23.0 Å². The minimum absolute atomic E-state index is 0.143. The summed E-state index contributed by atoms with van der Waals surface area (Å²) in [5, 5.41) is 23.4. The Morgan fingerprint density at radius 2 is 1.52 bits per heavy atom. The maximum Gasteiger partial charge on any atom is 0.318 e.